The Balaban J connectivity index is 2.33. The molecule has 86 valence electrons. The normalized spacial score (nSPS) is 15.6. The molecule has 5 heteroatoms. The van der Waals surface area contributed by atoms with Gasteiger partial charge in [-0.15, -0.1) is 0 Å². The first-order valence-corrected chi connectivity index (χ1v) is 5.18. The van der Waals surface area contributed by atoms with E-state index in [1.165, 1.54) is 31.2 Å². The molecule has 1 saturated carbocycles. The summed E-state index contributed by atoms with van der Waals surface area (Å²) in [7, 11) is 3.23. The average Bonchev–Trinajstić information content (AvgIpc) is 2.08. The van der Waals surface area contributed by atoms with Crippen molar-refractivity contribution in [1.29, 1.82) is 0 Å². The van der Waals surface area contributed by atoms with Gasteiger partial charge in [0.2, 0.25) is 0 Å². The Bertz CT molecular complexity index is 251. The molecule has 0 aromatic carbocycles. The van der Waals surface area contributed by atoms with E-state index in [2.05, 4.69) is 0 Å². The summed E-state index contributed by atoms with van der Waals surface area (Å²) in [6.07, 6.45) is 3.61. The standard InChI is InChI=1S/C10H18N2O3/c1-11(6-8-4-3-5-8)10(15)12(2)7-9(13)14/h8H,3-7H2,1-2H3,(H,13,14). The maximum Gasteiger partial charge on any atom is 0.323 e. The van der Waals surface area contributed by atoms with Crippen LogP contribution in [-0.2, 0) is 4.79 Å². The van der Waals surface area contributed by atoms with E-state index in [0.717, 1.165) is 6.54 Å². The first-order chi connectivity index (χ1) is 7.00. The van der Waals surface area contributed by atoms with Gasteiger partial charge in [0.05, 0.1) is 0 Å². The second-order valence-electron chi connectivity index (χ2n) is 4.21. The lowest BCUT2D eigenvalue weighted by Crippen LogP contribution is -2.43. The molecule has 2 amide bonds. The summed E-state index contributed by atoms with van der Waals surface area (Å²) in [6, 6.07) is -0.218. The van der Waals surface area contributed by atoms with Crippen LogP contribution in [0.15, 0.2) is 0 Å². The van der Waals surface area contributed by atoms with Crippen LogP contribution in [0.2, 0.25) is 0 Å². The highest BCUT2D eigenvalue weighted by molar-refractivity contribution is 5.79. The summed E-state index contributed by atoms with van der Waals surface area (Å²) in [5.74, 6) is -0.375. The number of carbonyl (C=O) groups excluding carboxylic acids is 1. The van der Waals surface area contributed by atoms with E-state index in [1.807, 2.05) is 0 Å². The van der Waals surface area contributed by atoms with Gasteiger partial charge in [0.15, 0.2) is 0 Å². The van der Waals surface area contributed by atoms with Gasteiger partial charge in [0.1, 0.15) is 6.54 Å². The third-order valence-electron chi connectivity index (χ3n) is 2.78. The molecule has 1 fully saturated rings. The van der Waals surface area contributed by atoms with Crippen molar-refractivity contribution in [2.45, 2.75) is 19.3 Å². The van der Waals surface area contributed by atoms with Crippen LogP contribution in [0.1, 0.15) is 19.3 Å². The van der Waals surface area contributed by atoms with E-state index < -0.39 is 5.97 Å². The van der Waals surface area contributed by atoms with E-state index in [9.17, 15) is 9.59 Å². The smallest absolute Gasteiger partial charge is 0.323 e. The number of nitrogens with zero attached hydrogens (tertiary/aromatic N) is 2. The zero-order valence-corrected chi connectivity index (χ0v) is 9.27. The van der Waals surface area contributed by atoms with Crippen LogP contribution in [0, 0.1) is 5.92 Å². The van der Waals surface area contributed by atoms with Gasteiger partial charge in [-0.1, -0.05) is 6.42 Å². The van der Waals surface area contributed by atoms with E-state index in [1.54, 1.807) is 11.9 Å². The molecule has 0 aliphatic heterocycles. The van der Waals surface area contributed by atoms with Crippen molar-refractivity contribution in [3.05, 3.63) is 0 Å². The molecular weight excluding hydrogens is 196 g/mol. The predicted octanol–water partition coefficient (Wildman–Crippen LogP) is 0.855. The lowest BCUT2D eigenvalue weighted by atomic mass is 9.85. The molecule has 1 rings (SSSR count). The maximum atomic E-state index is 11.6. The number of carbonyl (C=O) groups is 2. The van der Waals surface area contributed by atoms with E-state index >= 15 is 0 Å². The Morgan fingerprint density at radius 1 is 1.27 bits per heavy atom. The zero-order valence-electron chi connectivity index (χ0n) is 9.27. The molecule has 1 N–H and O–H groups in total. The van der Waals surface area contributed by atoms with Gasteiger partial charge in [-0.05, 0) is 18.8 Å². The van der Waals surface area contributed by atoms with Crippen LogP contribution in [0.3, 0.4) is 0 Å². The zero-order chi connectivity index (χ0) is 11.4. The first kappa shape index (κ1) is 11.8. The summed E-state index contributed by atoms with van der Waals surface area (Å²) in [6.45, 7) is 0.497. The monoisotopic (exact) mass is 214 g/mol. The third kappa shape index (κ3) is 3.42. The van der Waals surface area contributed by atoms with Gasteiger partial charge in [0.25, 0.3) is 0 Å². The van der Waals surface area contributed by atoms with Crippen molar-refractivity contribution >= 4 is 12.0 Å². The van der Waals surface area contributed by atoms with E-state index in [4.69, 9.17) is 5.11 Å². The molecule has 0 atom stereocenters. The molecule has 1 aliphatic rings. The Morgan fingerprint density at radius 3 is 2.27 bits per heavy atom. The van der Waals surface area contributed by atoms with Crippen LogP contribution in [-0.4, -0.2) is 54.1 Å². The molecule has 0 spiro atoms. The van der Waals surface area contributed by atoms with Gasteiger partial charge in [-0.2, -0.15) is 0 Å². The summed E-state index contributed by atoms with van der Waals surface area (Å²) in [5.41, 5.74) is 0. The Labute approximate surface area is 89.7 Å². The number of amides is 2. The summed E-state index contributed by atoms with van der Waals surface area (Å²) >= 11 is 0. The fourth-order valence-electron chi connectivity index (χ4n) is 1.70. The minimum atomic E-state index is -0.983. The van der Waals surface area contributed by atoms with Crippen LogP contribution >= 0.6 is 0 Å². The van der Waals surface area contributed by atoms with Crippen molar-refractivity contribution < 1.29 is 14.7 Å². The van der Waals surface area contributed by atoms with Crippen LogP contribution in [0.5, 0.6) is 0 Å². The lowest BCUT2D eigenvalue weighted by molar-refractivity contribution is -0.137. The number of likely N-dealkylation sites (N-methyl/N-ethyl adjacent to an activating group) is 1. The van der Waals surface area contributed by atoms with Gasteiger partial charge in [-0.3, -0.25) is 4.79 Å². The van der Waals surface area contributed by atoms with Crippen molar-refractivity contribution in [3.8, 4) is 0 Å². The number of hydrogen-bond donors (Lipinski definition) is 1. The number of aliphatic carboxylic acids is 1. The largest absolute Gasteiger partial charge is 0.480 e. The molecule has 0 saturated heterocycles. The van der Waals surface area contributed by atoms with Gasteiger partial charge >= 0.3 is 12.0 Å². The first-order valence-electron chi connectivity index (χ1n) is 5.18. The Morgan fingerprint density at radius 2 is 1.87 bits per heavy atom. The summed E-state index contributed by atoms with van der Waals surface area (Å²) in [4.78, 5) is 24.9. The molecule has 0 aromatic rings. The molecule has 0 aromatic heterocycles. The van der Waals surface area contributed by atoms with Gasteiger partial charge in [0, 0.05) is 20.6 Å². The minimum Gasteiger partial charge on any atom is -0.480 e. The van der Waals surface area contributed by atoms with E-state index in [-0.39, 0.29) is 12.6 Å². The van der Waals surface area contributed by atoms with Crippen molar-refractivity contribution in [2.75, 3.05) is 27.2 Å². The van der Waals surface area contributed by atoms with E-state index in [0.29, 0.717) is 5.92 Å². The van der Waals surface area contributed by atoms with Gasteiger partial charge < -0.3 is 14.9 Å². The third-order valence-corrected chi connectivity index (χ3v) is 2.78. The molecule has 15 heavy (non-hydrogen) atoms. The van der Waals surface area contributed by atoms with Crippen molar-refractivity contribution in [1.82, 2.24) is 9.80 Å². The SMILES string of the molecule is CN(CC(=O)O)C(=O)N(C)CC1CCC1. The Hall–Kier alpha value is -1.26. The molecule has 0 heterocycles. The van der Waals surface area contributed by atoms with Gasteiger partial charge in [-0.25, -0.2) is 4.79 Å². The number of carboxylic acids is 1. The minimum absolute atomic E-state index is 0.218. The number of rotatable bonds is 4. The number of carboxylic acid groups (broad SMARTS) is 1. The fourth-order valence-corrected chi connectivity index (χ4v) is 1.70. The molecular formula is C10H18N2O3. The van der Waals surface area contributed by atoms with Crippen LogP contribution in [0.25, 0.3) is 0 Å². The molecule has 0 bridgehead atoms. The highest BCUT2D eigenvalue weighted by Gasteiger charge is 2.23. The van der Waals surface area contributed by atoms with Crippen molar-refractivity contribution in [3.63, 3.8) is 0 Å². The summed E-state index contributed by atoms with van der Waals surface area (Å²) < 4.78 is 0. The van der Waals surface area contributed by atoms with Crippen molar-refractivity contribution in [2.24, 2.45) is 5.92 Å². The molecule has 0 radical (unpaired) electrons. The van der Waals surface area contributed by atoms with Crippen LogP contribution < -0.4 is 0 Å². The topological polar surface area (TPSA) is 60.9 Å². The predicted molar refractivity (Wildman–Crippen MR) is 55.6 cm³/mol. The second-order valence-corrected chi connectivity index (χ2v) is 4.21. The number of urea groups is 1. The average molecular weight is 214 g/mol. The maximum absolute atomic E-state index is 11.6. The molecule has 0 unspecified atom stereocenters. The highest BCUT2D eigenvalue weighted by Crippen LogP contribution is 2.26. The van der Waals surface area contributed by atoms with Crippen LogP contribution in [0.4, 0.5) is 4.79 Å². The molecule has 5 nitrogen and oxygen atoms in total. The number of hydrogen-bond acceptors (Lipinski definition) is 2. The Kier molecular flexibility index (Phi) is 3.94. The highest BCUT2D eigenvalue weighted by atomic mass is 16.4. The second kappa shape index (κ2) is 5.00. The molecule has 1 aliphatic carbocycles. The quantitative estimate of drug-likeness (QED) is 0.754. The lowest BCUT2D eigenvalue weighted by Gasteiger charge is -2.31. The summed E-state index contributed by atoms with van der Waals surface area (Å²) in [5, 5.41) is 8.54. The fraction of sp³-hybridized carbons (Fsp3) is 0.800.